The fraction of sp³-hybridized carbons (Fsp3) is 0.500. The van der Waals surface area contributed by atoms with E-state index in [1.165, 1.54) is 13.2 Å². The van der Waals surface area contributed by atoms with Crippen molar-refractivity contribution in [3.8, 4) is 11.5 Å². The van der Waals surface area contributed by atoms with Crippen LogP contribution in [0.25, 0.3) is 0 Å². The van der Waals surface area contributed by atoms with Gasteiger partial charge in [0.25, 0.3) is 0 Å². The highest BCUT2D eigenvalue weighted by atomic mass is 35.5. The van der Waals surface area contributed by atoms with Crippen molar-refractivity contribution in [1.82, 2.24) is 5.32 Å². The van der Waals surface area contributed by atoms with Crippen LogP contribution in [0, 0.1) is 5.92 Å². The van der Waals surface area contributed by atoms with Gasteiger partial charge in [0.2, 0.25) is 0 Å². The number of aromatic hydroxyl groups is 1. The van der Waals surface area contributed by atoms with Crippen LogP contribution in [0.3, 0.4) is 0 Å². The number of aliphatic carboxylic acids is 1. The van der Waals surface area contributed by atoms with E-state index in [0.717, 1.165) is 0 Å². The van der Waals surface area contributed by atoms with Crippen LogP contribution in [0.2, 0.25) is 5.02 Å². The molecule has 1 rings (SSSR count). The maximum atomic E-state index is 11.2. The second kappa shape index (κ2) is 7.36. The predicted molar refractivity (Wildman–Crippen MR) is 77.4 cm³/mol. The summed E-state index contributed by atoms with van der Waals surface area (Å²) in [6.45, 7) is 4.11. The number of rotatable bonds is 7. The molecule has 0 saturated carbocycles. The molecule has 3 N–H and O–H groups in total. The van der Waals surface area contributed by atoms with Gasteiger partial charge in [-0.05, 0) is 18.4 Å². The number of hydrogen-bond donors (Lipinski definition) is 3. The van der Waals surface area contributed by atoms with Gasteiger partial charge in [0, 0.05) is 23.2 Å². The minimum Gasteiger partial charge on any atom is -0.504 e. The van der Waals surface area contributed by atoms with Crippen LogP contribution >= 0.6 is 11.6 Å². The Balaban J connectivity index is 2.82. The van der Waals surface area contributed by atoms with Gasteiger partial charge in [0.1, 0.15) is 6.04 Å². The number of benzene rings is 1. The Morgan fingerprint density at radius 1 is 1.45 bits per heavy atom. The first-order valence-electron chi connectivity index (χ1n) is 6.36. The van der Waals surface area contributed by atoms with Crippen molar-refractivity contribution in [3.05, 3.63) is 22.7 Å². The highest BCUT2D eigenvalue weighted by molar-refractivity contribution is 6.30. The molecule has 0 aromatic heterocycles. The summed E-state index contributed by atoms with van der Waals surface area (Å²) in [7, 11) is 1.43. The number of carbonyl (C=O) groups is 1. The van der Waals surface area contributed by atoms with Crippen molar-refractivity contribution in [1.29, 1.82) is 0 Å². The average molecular weight is 302 g/mol. The van der Waals surface area contributed by atoms with Gasteiger partial charge in [0.15, 0.2) is 11.5 Å². The van der Waals surface area contributed by atoms with E-state index in [-0.39, 0.29) is 24.0 Å². The van der Waals surface area contributed by atoms with E-state index in [1.54, 1.807) is 6.07 Å². The molecule has 0 aliphatic heterocycles. The summed E-state index contributed by atoms with van der Waals surface area (Å²) in [6, 6.07) is 2.42. The van der Waals surface area contributed by atoms with Gasteiger partial charge in [-0.15, -0.1) is 0 Å². The molecule has 20 heavy (non-hydrogen) atoms. The highest BCUT2D eigenvalue weighted by Gasteiger charge is 2.19. The summed E-state index contributed by atoms with van der Waals surface area (Å²) < 4.78 is 5.01. The van der Waals surface area contributed by atoms with Crippen molar-refractivity contribution in [2.75, 3.05) is 7.11 Å². The SMILES string of the molecule is COc1cc(Cl)cc(CNC(CC(C)C)C(=O)O)c1O. The predicted octanol–water partition coefficient (Wildman–Crippen LogP) is 2.64. The Morgan fingerprint density at radius 3 is 2.60 bits per heavy atom. The Morgan fingerprint density at radius 2 is 2.10 bits per heavy atom. The third-order valence-electron chi connectivity index (χ3n) is 2.88. The Hall–Kier alpha value is -1.46. The van der Waals surface area contributed by atoms with E-state index in [0.29, 0.717) is 17.0 Å². The Bertz CT molecular complexity index is 476. The van der Waals surface area contributed by atoms with E-state index in [1.807, 2.05) is 13.8 Å². The van der Waals surface area contributed by atoms with Gasteiger partial charge in [-0.3, -0.25) is 4.79 Å². The molecule has 0 heterocycles. The standard InChI is InChI=1S/C14H20ClNO4/c1-8(2)4-11(14(18)19)16-7-9-5-10(15)6-12(20-3)13(9)17/h5-6,8,11,16-17H,4,7H2,1-3H3,(H,18,19). The lowest BCUT2D eigenvalue weighted by Crippen LogP contribution is -2.37. The fourth-order valence-electron chi connectivity index (χ4n) is 1.89. The van der Waals surface area contributed by atoms with Gasteiger partial charge < -0.3 is 20.3 Å². The van der Waals surface area contributed by atoms with E-state index in [9.17, 15) is 9.90 Å². The van der Waals surface area contributed by atoms with Gasteiger partial charge in [-0.25, -0.2) is 0 Å². The van der Waals surface area contributed by atoms with Gasteiger partial charge >= 0.3 is 5.97 Å². The van der Waals surface area contributed by atoms with Crippen LogP contribution in [-0.2, 0) is 11.3 Å². The molecule has 1 atom stereocenters. The summed E-state index contributed by atoms with van der Waals surface area (Å²) in [5.41, 5.74) is 0.504. The van der Waals surface area contributed by atoms with Gasteiger partial charge in [-0.1, -0.05) is 25.4 Å². The van der Waals surface area contributed by atoms with Crippen LogP contribution in [0.1, 0.15) is 25.8 Å². The third-order valence-corrected chi connectivity index (χ3v) is 3.10. The largest absolute Gasteiger partial charge is 0.504 e. The first kappa shape index (κ1) is 16.6. The number of halogens is 1. The number of carboxylic acid groups (broad SMARTS) is 1. The lowest BCUT2D eigenvalue weighted by molar-refractivity contribution is -0.140. The molecule has 1 unspecified atom stereocenters. The van der Waals surface area contributed by atoms with E-state index >= 15 is 0 Å². The lowest BCUT2D eigenvalue weighted by Gasteiger charge is -2.17. The van der Waals surface area contributed by atoms with Crippen LogP contribution in [0.15, 0.2) is 12.1 Å². The zero-order valence-electron chi connectivity index (χ0n) is 11.8. The summed E-state index contributed by atoms with van der Waals surface area (Å²) >= 11 is 5.93. The third kappa shape index (κ3) is 4.58. The summed E-state index contributed by atoms with van der Waals surface area (Å²) in [6.07, 6.45) is 0.508. The molecule has 1 aromatic rings. The topological polar surface area (TPSA) is 78.8 Å². The molecule has 0 saturated heterocycles. The molecular formula is C14H20ClNO4. The lowest BCUT2D eigenvalue weighted by atomic mass is 10.0. The van der Waals surface area contributed by atoms with Gasteiger partial charge in [-0.2, -0.15) is 0 Å². The zero-order chi connectivity index (χ0) is 15.3. The molecule has 0 spiro atoms. The molecule has 0 aliphatic rings. The summed E-state index contributed by atoms with van der Waals surface area (Å²) in [4.78, 5) is 11.2. The molecule has 0 aliphatic carbocycles. The van der Waals surface area contributed by atoms with Crippen molar-refractivity contribution in [2.45, 2.75) is 32.9 Å². The monoisotopic (exact) mass is 301 g/mol. The minimum absolute atomic E-state index is 0.0296. The molecular weight excluding hydrogens is 282 g/mol. The van der Waals surface area contributed by atoms with Crippen molar-refractivity contribution < 1.29 is 19.7 Å². The maximum absolute atomic E-state index is 11.2. The number of hydrogen-bond acceptors (Lipinski definition) is 4. The number of methoxy groups -OCH3 is 1. The number of carboxylic acids is 1. The normalized spacial score (nSPS) is 12.4. The van der Waals surface area contributed by atoms with Crippen LogP contribution in [0.5, 0.6) is 11.5 Å². The Labute approximate surface area is 123 Å². The highest BCUT2D eigenvalue weighted by Crippen LogP contribution is 2.33. The van der Waals surface area contributed by atoms with E-state index < -0.39 is 12.0 Å². The maximum Gasteiger partial charge on any atom is 0.320 e. The second-order valence-electron chi connectivity index (χ2n) is 5.02. The van der Waals surface area contributed by atoms with Crippen molar-refractivity contribution >= 4 is 17.6 Å². The van der Waals surface area contributed by atoms with E-state index in [2.05, 4.69) is 5.32 Å². The molecule has 0 bridgehead atoms. The second-order valence-corrected chi connectivity index (χ2v) is 5.45. The molecule has 1 aromatic carbocycles. The molecule has 112 valence electrons. The fourth-order valence-corrected chi connectivity index (χ4v) is 2.13. The number of nitrogens with one attached hydrogen (secondary N) is 1. The minimum atomic E-state index is -0.910. The quantitative estimate of drug-likeness (QED) is 0.721. The van der Waals surface area contributed by atoms with E-state index in [4.69, 9.17) is 21.4 Å². The zero-order valence-corrected chi connectivity index (χ0v) is 12.6. The number of phenolic OH excluding ortho intramolecular Hbond substituents is 1. The molecule has 0 amide bonds. The Kier molecular flexibility index (Phi) is 6.10. The van der Waals surface area contributed by atoms with Crippen molar-refractivity contribution in [2.24, 2.45) is 5.92 Å². The summed E-state index contributed by atoms with van der Waals surface area (Å²) in [5, 5.41) is 22.5. The average Bonchev–Trinajstić information content (AvgIpc) is 2.36. The molecule has 0 fully saturated rings. The number of phenols is 1. The van der Waals surface area contributed by atoms with Crippen LogP contribution < -0.4 is 10.1 Å². The van der Waals surface area contributed by atoms with Crippen molar-refractivity contribution in [3.63, 3.8) is 0 Å². The smallest absolute Gasteiger partial charge is 0.320 e. The first-order valence-corrected chi connectivity index (χ1v) is 6.74. The van der Waals surface area contributed by atoms with Crippen LogP contribution in [-0.4, -0.2) is 29.3 Å². The molecule has 6 heteroatoms. The first-order chi connectivity index (χ1) is 9.35. The van der Waals surface area contributed by atoms with Crippen LogP contribution in [0.4, 0.5) is 0 Å². The summed E-state index contributed by atoms with van der Waals surface area (Å²) in [5.74, 6) is -0.415. The number of ether oxygens (including phenoxy) is 1. The van der Waals surface area contributed by atoms with Gasteiger partial charge in [0.05, 0.1) is 7.11 Å². The molecule has 0 radical (unpaired) electrons. The molecule has 5 nitrogen and oxygen atoms in total.